The quantitative estimate of drug-likeness (QED) is 0.754. The number of aliphatic hydroxyl groups excluding tert-OH is 2. The maximum absolute atomic E-state index is 9.09. The highest BCUT2D eigenvalue weighted by Crippen LogP contribution is 2.14. The third-order valence-corrected chi connectivity index (χ3v) is 2.81. The monoisotopic (exact) mass is 232 g/mol. The van der Waals surface area contributed by atoms with Crippen LogP contribution in [0.25, 0.3) is 0 Å². The fourth-order valence-corrected chi connectivity index (χ4v) is 1.69. The van der Waals surface area contributed by atoms with Crippen molar-refractivity contribution in [2.45, 2.75) is 31.6 Å². The lowest BCUT2D eigenvalue weighted by Crippen LogP contribution is -2.14. The lowest BCUT2D eigenvalue weighted by molar-refractivity contribution is 0.113. The van der Waals surface area contributed by atoms with Crippen LogP contribution < -0.4 is 0 Å². The van der Waals surface area contributed by atoms with E-state index in [0.29, 0.717) is 23.2 Å². The average Bonchev–Trinajstić information content (AvgIpc) is 2.66. The van der Waals surface area contributed by atoms with Crippen LogP contribution in [0.5, 0.6) is 0 Å². The first-order valence-electron chi connectivity index (χ1n) is 4.82. The highest BCUT2D eigenvalue weighted by molar-refractivity contribution is 7.98. The number of thioether (sulfide) groups is 1. The van der Waals surface area contributed by atoms with Crippen LogP contribution in [0.2, 0.25) is 0 Å². The lowest BCUT2D eigenvalue weighted by atomic mass is 10.2. The molecule has 0 bridgehead atoms. The highest BCUT2D eigenvalue weighted by Gasteiger charge is 2.10. The first-order chi connectivity index (χ1) is 7.13. The van der Waals surface area contributed by atoms with Gasteiger partial charge in [0.1, 0.15) is 0 Å². The molecule has 0 aliphatic rings. The van der Waals surface area contributed by atoms with Crippen LogP contribution in [0.3, 0.4) is 0 Å². The first kappa shape index (κ1) is 12.5. The number of nitrogens with zero attached hydrogens (tertiary/aromatic N) is 2. The molecule has 5 nitrogen and oxygen atoms in total. The van der Waals surface area contributed by atoms with Gasteiger partial charge < -0.3 is 14.7 Å². The largest absolute Gasteiger partial charge is 0.394 e. The van der Waals surface area contributed by atoms with Gasteiger partial charge in [0.15, 0.2) is 5.82 Å². The SMILES string of the molecule is CC(C)c1nc(CSC[C@H](O)CO)no1. The Balaban J connectivity index is 2.31. The molecule has 0 spiro atoms. The Hall–Kier alpha value is -0.590. The molecule has 0 aliphatic heterocycles. The third-order valence-electron chi connectivity index (χ3n) is 1.73. The van der Waals surface area contributed by atoms with E-state index in [1.165, 1.54) is 11.8 Å². The van der Waals surface area contributed by atoms with E-state index >= 15 is 0 Å². The van der Waals surface area contributed by atoms with Crippen LogP contribution in [0.1, 0.15) is 31.5 Å². The van der Waals surface area contributed by atoms with Crippen molar-refractivity contribution in [1.82, 2.24) is 10.1 Å². The van der Waals surface area contributed by atoms with Gasteiger partial charge >= 0.3 is 0 Å². The zero-order valence-electron chi connectivity index (χ0n) is 8.88. The van der Waals surface area contributed by atoms with E-state index in [4.69, 9.17) is 14.7 Å². The Labute approximate surface area is 92.9 Å². The molecule has 6 heteroatoms. The molecule has 1 aromatic rings. The summed E-state index contributed by atoms with van der Waals surface area (Å²) in [6, 6.07) is 0. The maximum atomic E-state index is 9.09. The predicted octanol–water partition coefficient (Wildman–Crippen LogP) is 0.779. The molecule has 0 saturated heterocycles. The van der Waals surface area contributed by atoms with Gasteiger partial charge in [-0.3, -0.25) is 0 Å². The third kappa shape index (κ3) is 4.19. The zero-order chi connectivity index (χ0) is 11.3. The molecular weight excluding hydrogens is 216 g/mol. The highest BCUT2D eigenvalue weighted by atomic mass is 32.2. The first-order valence-corrected chi connectivity index (χ1v) is 5.98. The normalized spacial score (nSPS) is 13.4. The Bertz CT molecular complexity index is 291. The van der Waals surface area contributed by atoms with E-state index in [0.717, 1.165) is 0 Å². The molecule has 1 heterocycles. The van der Waals surface area contributed by atoms with Gasteiger partial charge in [0.2, 0.25) is 5.89 Å². The molecule has 0 saturated carbocycles. The summed E-state index contributed by atoms with van der Waals surface area (Å²) in [6.07, 6.45) is -0.675. The minimum absolute atomic E-state index is 0.212. The zero-order valence-corrected chi connectivity index (χ0v) is 9.70. The van der Waals surface area contributed by atoms with Crippen LogP contribution in [0.15, 0.2) is 4.52 Å². The minimum atomic E-state index is -0.675. The topological polar surface area (TPSA) is 79.4 Å². The minimum Gasteiger partial charge on any atom is -0.394 e. The van der Waals surface area contributed by atoms with Crippen molar-refractivity contribution in [1.29, 1.82) is 0 Å². The standard InChI is InChI=1S/C9H16N2O3S/c1-6(2)9-10-8(11-14-9)5-15-4-7(13)3-12/h6-7,12-13H,3-5H2,1-2H3/t7-/m1/s1. The lowest BCUT2D eigenvalue weighted by Gasteiger charge is -2.03. The van der Waals surface area contributed by atoms with Crippen molar-refractivity contribution < 1.29 is 14.7 Å². The molecule has 0 unspecified atom stereocenters. The summed E-state index contributed by atoms with van der Waals surface area (Å²) in [5.41, 5.74) is 0. The average molecular weight is 232 g/mol. The smallest absolute Gasteiger partial charge is 0.229 e. The molecule has 0 fully saturated rings. The van der Waals surface area contributed by atoms with Crippen molar-refractivity contribution in [2.75, 3.05) is 12.4 Å². The summed E-state index contributed by atoms with van der Waals surface area (Å²) < 4.78 is 5.02. The number of aromatic nitrogens is 2. The molecule has 0 amide bonds. The van der Waals surface area contributed by atoms with Crippen molar-refractivity contribution in [3.8, 4) is 0 Å². The van der Waals surface area contributed by atoms with Crippen LogP contribution in [-0.2, 0) is 5.75 Å². The Morgan fingerprint density at radius 3 is 2.73 bits per heavy atom. The molecule has 15 heavy (non-hydrogen) atoms. The second-order valence-corrected chi connectivity index (χ2v) is 4.59. The number of hydrogen-bond donors (Lipinski definition) is 2. The van der Waals surface area contributed by atoms with Gasteiger partial charge in [0, 0.05) is 11.7 Å². The fraction of sp³-hybridized carbons (Fsp3) is 0.778. The van der Waals surface area contributed by atoms with Gasteiger partial charge in [-0.1, -0.05) is 19.0 Å². The van der Waals surface area contributed by atoms with Crippen molar-refractivity contribution >= 4 is 11.8 Å². The molecule has 86 valence electrons. The van der Waals surface area contributed by atoms with E-state index < -0.39 is 6.10 Å². The second-order valence-electron chi connectivity index (χ2n) is 3.56. The van der Waals surface area contributed by atoms with Gasteiger partial charge in [-0.15, -0.1) is 0 Å². The summed E-state index contributed by atoms with van der Waals surface area (Å²) in [5, 5.41) is 21.5. The van der Waals surface area contributed by atoms with E-state index in [9.17, 15) is 0 Å². The Kier molecular flexibility index (Phi) is 5.07. The van der Waals surface area contributed by atoms with Crippen molar-refractivity contribution in [3.63, 3.8) is 0 Å². The Morgan fingerprint density at radius 1 is 1.47 bits per heavy atom. The summed E-state index contributed by atoms with van der Waals surface area (Å²) in [7, 11) is 0. The number of aliphatic hydroxyl groups is 2. The van der Waals surface area contributed by atoms with Crippen LogP contribution in [-0.4, -0.2) is 38.8 Å². The fourth-order valence-electron chi connectivity index (χ4n) is 0.900. The molecule has 0 aliphatic carbocycles. The molecule has 1 rings (SSSR count). The summed E-state index contributed by atoms with van der Waals surface area (Å²) in [4.78, 5) is 4.19. The van der Waals surface area contributed by atoms with E-state index in [1.807, 2.05) is 13.8 Å². The van der Waals surface area contributed by atoms with Gasteiger partial charge in [0.25, 0.3) is 0 Å². The molecule has 2 N–H and O–H groups in total. The van der Waals surface area contributed by atoms with Crippen LogP contribution in [0.4, 0.5) is 0 Å². The number of rotatable bonds is 6. The van der Waals surface area contributed by atoms with E-state index in [2.05, 4.69) is 10.1 Å². The van der Waals surface area contributed by atoms with E-state index in [-0.39, 0.29) is 12.5 Å². The van der Waals surface area contributed by atoms with Gasteiger partial charge in [-0.25, -0.2) is 0 Å². The van der Waals surface area contributed by atoms with Crippen LogP contribution >= 0.6 is 11.8 Å². The maximum Gasteiger partial charge on any atom is 0.229 e. The van der Waals surface area contributed by atoms with E-state index in [1.54, 1.807) is 0 Å². The molecule has 1 aromatic heterocycles. The van der Waals surface area contributed by atoms with Gasteiger partial charge in [-0.2, -0.15) is 16.7 Å². The number of hydrogen-bond acceptors (Lipinski definition) is 6. The summed E-state index contributed by atoms with van der Waals surface area (Å²) in [5.74, 6) is 2.57. The predicted molar refractivity (Wildman–Crippen MR) is 57.6 cm³/mol. The summed E-state index contributed by atoms with van der Waals surface area (Å²) in [6.45, 7) is 3.76. The van der Waals surface area contributed by atoms with Crippen molar-refractivity contribution in [3.05, 3.63) is 11.7 Å². The molecule has 0 aromatic carbocycles. The summed E-state index contributed by atoms with van der Waals surface area (Å²) >= 11 is 1.47. The molecule has 1 atom stereocenters. The van der Waals surface area contributed by atoms with Gasteiger partial charge in [0.05, 0.1) is 18.5 Å². The Morgan fingerprint density at radius 2 is 2.20 bits per heavy atom. The molecular formula is C9H16N2O3S. The second kappa shape index (κ2) is 6.09. The van der Waals surface area contributed by atoms with Gasteiger partial charge in [-0.05, 0) is 0 Å². The van der Waals surface area contributed by atoms with Crippen LogP contribution in [0, 0.1) is 0 Å². The van der Waals surface area contributed by atoms with Crippen molar-refractivity contribution in [2.24, 2.45) is 0 Å². The molecule has 0 radical (unpaired) electrons.